The maximum absolute atomic E-state index is 12.7. The van der Waals surface area contributed by atoms with Gasteiger partial charge in [-0.05, 0) is 63.0 Å². The smallest absolute Gasteiger partial charge is 0.179 e. The SMILES string of the molecule is CCCCN(CC)C(C)C(=O)c1ccc2c(c1)CCCN2. The monoisotopic (exact) mass is 288 g/mol. The Balaban J connectivity index is 2.11. The second kappa shape index (κ2) is 7.60. The van der Waals surface area contributed by atoms with Crippen molar-refractivity contribution >= 4 is 11.5 Å². The number of unbranched alkanes of at least 4 members (excludes halogenated alkanes) is 1. The van der Waals surface area contributed by atoms with Crippen LogP contribution in [0, 0.1) is 0 Å². The van der Waals surface area contributed by atoms with Gasteiger partial charge >= 0.3 is 0 Å². The van der Waals surface area contributed by atoms with Gasteiger partial charge in [-0.3, -0.25) is 9.69 Å². The van der Waals surface area contributed by atoms with Crippen LogP contribution < -0.4 is 5.32 Å². The van der Waals surface area contributed by atoms with Crippen LogP contribution in [0.25, 0.3) is 0 Å². The summed E-state index contributed by atoms with van der Waals surface area (Å²) >= 11 is 0. The second-order valence-electron chi connectivity index (χ2n) is 5.92. The third kappa shape index (κ3) is 3.85. The van der Waals surface area contributed by atoms with E-state index < -0.39 is 0 Å². The molecular formula is C18H28N2O. The molecule has 1 aromatic carbocycles. The number of fused-ring (bicyclic) bond motifs is 1. The fraction of sp³-hybridized carbons (Fsp3) is 0.611. The molecule has 3 heteroatoms. The molecule has 1 aliphatic rings. The van der Waals surface area contributed by atoms with Crippen LogP contribution >= 0.6 is 0 Å². The Morgan fingerprint density at radius 3 is 2.90 bits per heavy atom. The molecule has 0 saturated heterocycles. The lowest BCUT2D eigenvalue weighted by Gasteiger charge is -2.27. The molecule has 116 valence electrons. The quantitative estimate of drug-likeness (QED) is 0.776. The maximum atomic E-state index is 12.7. The van der Waals surface area contributed by atoms with E-state index in [0.29, 0.717) is 0 Å². The van der Waals surface area contributed by atoms with Gasteiger partial charge in [0.15, 0.2) is 5.78 Å². The number of nitrogens with zero attached hydrogens (tertiary/aromatic N) is 1. The van der Waals surface area contributed by atoms with Crippen LogP contribution in [0.2, 0.25) is 0 Å². The molecule has 1 N–H and O–H groups in total. The number of hydrogen-bond donors (Lipinski definition) is 1. The molecule has 1 atom stereocenters. The summed E-state index contributed by atoms with van der Waals surface area (Å²) < 4.78 is 0. The Morgan fingerprint density at radius 1 is 1.38 bits per heavy atom. The molecule has 3 nitrogen and oxygen atoms in total. The van der Waals surface area contributed by atoms with Crippen molar-refractivity contribution in [2.24, 2.45) is 0 Å². The van der Waals surface area contributed by atoms with Gasteiger partial charge in [-0.2, -0.15) is 0 Å². The third-order valence-electron chi connectivity index (χ3n) is 4.46. The minimum atomic E-state index is -0.0313. The van der Waals surface area contributed by atoms with Gasteiger partial charge in [-0.15, -0.1) is 0 Å². The molecule has 21 heavy (non-hydrogen) atoms. The lowest BCUT2D eigenvalue weighted by Crippen LogP contribution is -2.39. The Hall–Kier alpha value is -1.35. The van der Waals surface area contributed by atoms with Crippen LogP contribution in [0.15, 0.2) is 18.2 Å². The predicted molar refractivity (Wildman–Crippen MR) is 89.2 cm³/mol. The summed E-state index contributed by atoms with van der Waals surface area (Å²) in [4.78, 5) is 15.0. The summed E-state index contributed by atoms with van der Waals surface area (Å²) in [6.07, 6.45) is 4.55. The minimum Gasteiger partial charge on any atom is -0.385 e. The van der Waals surface area contributed by atoms with Gasteiger partial charge in [0.2, 0.25) is 0 Å². The molecule has 0 fully saturated rings. The Kier molecular flexibility index (Phi) is 5.80. The summed E-state index contributed by atoms with van der Waals surface area (Å²) in [6.45, 7) is 9.34. The van der Waals surface area contributed by atoms with Crippen molar-refractivity contribution in [2.75, 3.05) is 25.0 Å². The number of hydrogen-bond acceptors (Lipinski definition) is 3. The summed E-state index contributed by atoms with van der Waals surface area (Å²) in [7, 11) is 0. The zero-order valence-electron chi connectivity index (χ0n) is 13.6. The average Bonchev–Trinajstić information content (AvgIpc) is 2.54. The molecule has 1 heterocycles. The number of carbonyl (C=O) groups is 1. The highest BCUT2D eigenvalue weighted by atomic mass is 16.1. The van der Waals surface area contributed by atoms with Gasteiger partial charge < -0.3 is 5.32 Å². The molecule has 2 rings (SSSR count). The van der Waals surface area contributed by atoms with Gasteiger partial charge in [0.1, 0.15) is 0 Å². The average molecular weight is 288 g/mol. The van der Waals surface area contributed by atoms with Crippen molar-refractivity contribution in [2.45, 2.75) is 52.5 Å². The fourth-order valence-electron chi connectivity index (χ4n) is 3.02. The van der Waals surface area contributed by atoms with Crippen molar-refractivity contribution < 1.29 is 4.79 Å². The number of likely N-dealkylation sites (N-methyl/N-ethyl adjacent to an activating group) is 1. The minimum absolute atomic E-state index is 0.0313. The van der Waals surface area contributed by atoms with Crippen LogP contribution in [-0.4, -0.2) is 36.4 Å². The molecule has 1 aromatic rings. The molecule has 0 aromatic heterocycles. The number of nitrogens with one attached hydrogen (secondary N) is 1. The first-order valence-electron chi connectivity index (χ1n) is 8.32. The van der Waals surface area contributed by atoms with Crippen LogP contribution in [0.1, 0.15) is 56.0 Å². The zero-order valence-corrected chi connectivity index (χ0v) is 13.6. The van der Waals surface area contributed by atoms with Gasteiger partial charge in [-0.25, -0.2) is 0 Å². The van der Waals surface area contributed by atoms with Crippen molar-refractivity contribution in [1.82, 2.24) is 4.90 Å². The van der Waals surface area contributed by atoms with E-state index in [2.05, 4.69) is 36.2 Å². The van der Waals surface area contributed by atoms with Gasteiger partial charge in [0.25, 0.3) is 0 Å². The highest BCUT2D eigenvalue weighted by Crippen LogP contribution is 2.24. The second-order valence-corrected chi connectivity index (χ2v) is 5.92. The predicted octanol–water partition coefficient (Wildman–Crippen LogP) is 3.74. The number of carbonyl (C=O) groups excluding carboxylic acids is 1. The molecule has 0 radical (unpaired) electrons. The lowest BCUT2D eigenvalue weighted by molar-refractivity contribution is 0.0843. The van der Waals surface area contributed by atoms with E-state index in [4.69, 9.17) is 0 Å². The Morgan fingerprint density at radius 2 is 2.19 bits per heavy atom. The van der Waals surface area contributed by atoms with E-state index in [-0.39, 0.29) is 11.8 Å². The molecule has 0 amide bonds. The topological polar surface area (TPSA) is 32.3 Å². The van der Waals surface area contributed by atoms with Crippen molar-refractivity contribution in [3.05, 3.63) is 29.3 Å². The van der Waals surface area contributed by atoms with Crippen LogP contribution in [0.3, 0.4) is 0 Å². The molecule has 0 saturated carbocycles. The van der Waals surface area contributed by atoms with Crippen LogP contribution in [0.5, 0.6) is 0 Å². The Labute approximate surface area is 128 Å². The molecule has 1 unspecified atom stereocenters. The third-order valence-corrected chi connectivity index (χ3v) is 4.46. The van der Waals surface area contributed by atoms with Crippen molar-refractivity contribution in [3.63, 3.8) is 0 Å². The van der Waals surface area contributed by atoms with Crippen molar-refractivity contribution in [1.29, 1.82) is 0 Å². The number of ketones is 1. The largest absolute Gasteiger partial charge is 0.385 e. The van der Waals surface area contributed by atoms with E-state index in [9.17, 15) is 4.79 Å². The lowest BCUT2D eigenvalue weighted by atomic mass is 9.96. The van der Waals surface area contributed by atoms with Gasteiger partial charge in [-0.1, -0.05) is 20.3 Å². The first-order valence-corrected chi connectivity index (χ1v) is 8.32. The molecule has 0 aliphatic carbocycles. The summed E-state index contributed by atoms with van der Waals surface area (Å²) in [5, 5.41) is 3.40. The number of anilines is 1. The van der Waals surface area contributed by atoms with Gasteiger partial charge in [0, 0.05) is 17.8 Å². The number of benzene rings is 1. The summed E-state index contributed by atoms with van der Waals surface area (Å²) in [5.74, 6) is 0.251. The Bertz CT molecular complexity index is 484. The number of Topliss-reactive ketones (excluding diaryl/α,β-unsaturated/α-hetero) is 1. The van der Waals surface area contributed by atoms with Crippen LogP contribution in [0.4, 0.5) is 5.69 Å². The highest BCUT2D eigenvalue weighted by molar-refractivity contribution is 6.00. The summed E-state index contributed by atoms with van der Waals surface area (Å²) in [6, 6.07) is 6.10. The standard InChI is InChI=1S/C18H28N2O/c1-4-6-12-20(5-2)14(3)18(21)16-9-10-17-15(13-16)8-7-11-19-17/h9-10,13-14,19H,4-8,11-12H2,1-3H3. The maximum Gasteiger partial charge on any atom is 0.179 e. The molecule has 1 aliphatic heterocycles. The number of rotatable bonds is 7. The van der Waals surface area contributed by atoms with E-state index in [0.717, 1.165) is 44.5 Å². The van der Waals surface area contributed by atoms with Crippen molar-refractivity contribution in [3.8, 4) is 0 Å². The summed E-state index contributed by atoms with van der Waals surface area (Å²) in [5.41, 5.74) is 3.35. The van der Waals surface area contributed by atoms with E-state index in [1.807, 2.05) is 13.0 Å². The van der Waals surface area contributed by atoms with E-state index in [1.165, 1.54) is 17.7 Å². The first-order chi connectivity index (χ1) is 10.2. The molecular weight excluding hydrogens is 260 g/mol. The first kappa shape index (κ1) is 16.0. The van der Waals surface area contributed by atoms with Crippen LogP contribution in [-0.2, 0) is 6.42 Å². The molecule has 0 bridgehead atoms. The fourth-order valence-corrected chi connectivity index (χ4v) is 3.02. The van der Waals surface area contributed by atoms with E-state index in [1.54, 1.807) is 0 Å². The highest BCUT2D eigenvalue weighted by Gasteiger charge is 2.22. The van der Waals surface area contributed by atoms with E-state index >= 15 is 0 Å². The zero-order chi connectivity index (χ0) is 15.2. The normalized spacial score (nSPS) is 15.4. The molecule has 0 spiro atoms. The number of aryl methyl sites for hydroxylation is 1. The van der Waals surface area contributed by atoms with Gasteiger partial charge in [0.05, 0.1) is 6.04 Å².